The second kappa shape index (κ2) is 58.7. The number of unbranched alkanes of at least 4 members (excludes halogenated alkanes) is 34. The molecule has 0 aromatic heterocycles. The van der Waals surface area contributed by atoms with Gasteiger partial charge in [-0.2, -0.15) is 0 Å². The molecule has 0 heterocycles. The number of esters is 3. The SMILES string of the molecule is CC/C=C\C/C=C\C/C=C\CCCCCCCC(=O)OC[C@H](COC(=O)CCCCCCCCCCC/C=C\C/C=C\CCCCC)OC(=O)CCCCCCCCCCCCCCCCCCCC. The predicted molar refractivity (Wildman–Crippen MR) is 302 cm³/mol. The molecule has 0 saturated heterocycles. The van der Waals surface area contributed by atoms with Gasteiger partial charge in [0.2, 0.25) is 0 Å². The highest BCUT2D eigenvalue weighted by Gasteiger charge is 2.19. The van der Waals surface area contributed by atoms with E-state index in [0.29, 0.717) is 19.3 Å². The summed E-state index contributed by atoms with van der Waals surface area (Å²) in [6.07, 6.45) is 73.6. The van der Waals surface area contributed by atoms with E-state index in [9.17, 15) is 14.4 Å². The molecule has 6 nitrogen and oxygen atoms in total. The molecule has 0 aliphatic rings. The molecule has 70 heavy (non-hydrogen) atoms. The van der Waals surface area contributed by atoms with Crippen LogP contribution in [-0.2, 0) is 28.6 Å². The third kappa shape index (κ3) is 56.0. The Balaban J connectivity index is 4.36. The quantitative estimate of drug-likeness (QED) is 0.0261. The molecule has 406 valence electrons. The van der Waals surface area contributed by atoms with Gasteiger partial charge in [0.05, 0.1) is 0 Å². The minimum Gasteiger partial charge on any atom is -0.462 e. The van der Waals surface area contributed by atoms with Gasteiger partial charge in [0.15, 0.2) is 6.10 Å². The third-order valence-corrected chi connectivity index (χ3v) is 13.3. The van der Waals surface area contributed by atoms with Crippen molar-refractivity contribution in [3.8, 4) is 0 Å². The Morgan fingerprint density at radius 1 is 0.300 bits per heavy atom. The largest absolute Gasteiger partial charge is 0.462 e. The monoisotopic (exact) mass is 979 g/mol. The van der Waals surface area contributed by atoms with E-state index in [1.165, 1.54) is 167 Å². The Bertz CT molecular complexity index is 1260. The van der Waals surface area contributed by atoms with Crippen LogP contribution in [0.3, 0.4) is 0 Å². The number of hydrogen-bond acceptors (Lipinski definition) is 6. The average Bonchev–Trinajstić information content (AvgIpc) is 3.36. The molecule has 0 aromatic carbocycles. The molecule has 0 spiro atoms. The first-order valence-electron chi connectivity index (χ1n) is 30.3. The summed E-state index contributed by atoms with van der Waals surface area (Å²) < 4.78 is 16.9. The highest BCUT2D eigenvalue weighted by Crippen LogP contribution is 2.17. The molecule has 0 radical (unpaired) electrons. The number of hydrogen-bond donors (Lipinski definition) is 0. The van der Waals surface area contributed by atoms with Crippen LogP contribution < -0.4 is 0 Å². The van der Waals surface area contributed by atoms with E-state index >= 15 is 0 Å². The van der Waals surface area contributed by atoms with Gasteiger partial charge in [0.1, 0.15) is 13.2 Å². The molecule has 0 saturated carbocycles. The first kappa shape index (κ1) is 67.1. The fourth-order valence-corrected chi connectivity index (χ4v) is 8.72. The number of carbonyl (C=O) groups excluding carboxylic acids is 3. The lowest BCUT2D eigenvalue weighted by Gasteiger charge is -2.18. The van der Waals surface area contributed by atoms with Crippen molar-refractivity contribution >= 4 is 17.9 Å². The van der Waals surface area contributed by atoms with Crippen LogP contribution in [0, 0.1) is 0 Å². The summed E-state index contributed by atoms with van der Waals surface area (Å²) in [7, 11) is 0. The summed E-state index contributed by atoms with van der Waals surface area (Å²) in [6.45, 7) is 6.53. The normalized spacial score (nSPS) is 12.4. The van der Waals surface area contributed by atoms with E-state index < -0.39 is 6.10 Å². The van der Waals surface area contributed by atoms with Crippen molar-refractivity contribution in [2.24, 2.45) is 0 Å². The molecule has 0 bridgehead atoms. The van der Waals surface area contributed by atoms with Gasteiger partial charge in [-0.15, -0.1) is 0 Å². The second-order valence-corrected chi connectivity index (χ2v) is 20.2. The second-order valence-electron chi connectivity index (χ2n) is 20.2. The van der Waals surface area contributed by atoms with Crippen LogP contribution in [0.4, 0.5) is 0 Å². The molecule has 1 atom stereocenters. The molecule has 0 unspecified atom stereocenters. The van der Waals surface area contributed by atoms with Crippen LogP contribution in [0.15, 0.2) is 60.8 Å². The topological polar surface area (TPSA) is 78.9 Å². The molecular formula is C64H114O6. The molecule has 0 aliphatic heterocycles. The summed E-state index contributed by atoms with van der Waals surface area (Å²) in [5.41, 5.74) is 0. The van der Waals surface area contributed by atoms with E-state index in [0.717, 1.165) is 103 Å². The molecule has 0 aliphatic carbocycles. The number of ether oxygens (including phenoxy) is 3. The number of carbonyl (C=O) groups is 3. The molecule has 0 fully saturated rings. The van der Waals surface area contributed by atoms with Crippen LogP contribution in [0.1, 0.15) is 310 Å². The molecule has 6 heteroatoms. The molecule has 0 aromatic rings. The van der Waals surface area contributed by atoms with Gasteiger partial charge in [-0.25, -0.2) is 0 Å². The zero-order valence-electron chi connectivity index (χ0n) is 46.5. The lowest BCUT2D eigenvalue weighted by Crippen LogP contribution is -2.30. The third-order valence-electron chi connectivity index (χ3n) is 13.3. The summed E-state index contributed by atoms with van der Waals surface area (Å²) in [5, 5.41) is 0. The van der Waals surface area contributed by atoms with Crippen molar-refractivity contribution in [3.05, 3.63) is 60.8 Å². The summed E-state index contributed by atoms with van der Waals surface area (Å²) in [4.78, 5) is 38.2. The number of rotatable bonds is 55. The molecule has 0 N–H and O–H groups in total. The van der Waals surface area contributed by atoms with Gasteiger partial charge in [-0.05, 0) is 83.5 Å². The predicted octanol–water partition coefficient (Wildman–Crippen LogP) is 20.4. The van der Waals surface area contributed by atoms with E-state index in [1.54, 1.807) is 0 Å². The van der Waals surface area contributed by atoms with Crippen molar-refractivity contribution in [2.75, 3.05) is 13.2 Å². The summed E-state index contributed by atoms with van der Waals surface area (Å²) in [6, 6.07) is 0. The Hall–Kier alpha value is -2.89. The zero-order chi connectivity index (χ0) is 50.7. The van der Waals surface area contributed by atoms with Gasteiger partial charge < -0.3 is 14.2 Å². The van der Waals surface area contributed by atoms with Crippen molar-refractivity contribution < 1.29 is 28.6 Å². The Morgan fingerprint density at radius 2 is 0.557 bits per heavy atom. The Kier molecular flexibility index (Phi) is 56.3. The smallest absolute Gasteiger partial charge is 0.306 e. The Morgan fingerprint density at radius 3 is 0.900 bits per heavy atom. The summed E-state index contributed by atoms with van der Waals surface area (Å²) >= 11 is 0. The van der Waals surface area contributed by atoms with E-state index in [2.05, 4.69) is 81.5 Å². The lowest BCUT2D eigenvalue weighted by molar-refractivity contribution is -0.167. The molecule has 0 amide bonds. The standard InChI is InChI=1S/C64H114O6/c1-4-7-10-13-16-19-22-25-28-30-32-34-36-39-42-45-48-51-54-57-63(66)69-60-61(59-68-62(65)56-53-50-47-44-41-38-35-27-24-21-18-15-12-9-6-3)70-64(67)58-55-52-49-46-43-40-37-33-31-29-26-23-20-17-14-11-8-5-2/h9,12,16,18-19,21,25,27-28,35,61H,4-8,10-11,13-15,17,20,22-24,26,29-34,36-60H2,1-3H3/b12-9-,19-16-,21-18-,28-25-,35-27-/t61-/m1/s1. The van der Waals surface area contributed by atoms with Gasteiger partial charge in [-0.1, -0.05) is 268 Å². The van der Waals surface area contributed by atoms with E-state index in [4.69, 9.17) is 14.2 Å². The highest BCUT2D eigenvalue weighted by atomic mass is 16.6. The van der Waals surface area contributed by atoms with E-state index in [1.807, 2.05) is 0 Å². The van der Waals surface area contributed by atoms with Crippen LogP contribution in [0.25, 0.3) is 0 Å². The van der Waals surface area contributed by atoms with Gasteiger partial charge in [0.25, 0.3) is 0 Å². The summed E-state index contributed by atoms with van der Waals surface area (Å²) in [5.74, 6) is -0.884. The first-order chi connectivity index (χ1) is 34.5. The van der Waals surface area contributed by atoms with Crippen molar-refractivity contribution in [1.82, 2.24) is 0 Å². The fraction of sp³-hybridized carbons (Fsp3) is 0.797. The van der Waals surface area contributed by atoms with Gasteiger partial charge in [-0.3, -0.25) is 14.4 Å². The van der Waals surface area contributed by atoms with Crippen LogP contribution in [0.2, 0.25) is 0 Å². The maximum absolute atomic E-state index is 12.9. The van der Waals surface area contributed by atoms with Gasteiger partial charge in [0, 0.05) is 19.3 Å². The zero-order valence-corrected chi connectivity index (χ0v) is 46.5. The van der Waals surface area contributed by atoms with Crippen LogP contribution in [-0.4, -0.2) is 37.2 Å². The minimum absolute atomic E-state index is 0.0794. The Labute approximate surface area is 434 Å². The minimum atomic E-state index is -0.782. The van der Waals surface area contributed by atoms with Crippen LogP contribution >= 0.6 is 0 Å². The highest BCUT2D eigenvalue weighted by molar-refractivity contribution is 5.71. The van der Waals surface area contributed by atoms with Gasteiger partial charge >= 0.3 is 17.9 Å². The van der Waals surface area contributed by atoms with E-state index in [-0.39, 0.29) is 31.1 Å². The molecular weight excluding hydrogens is 865 g/mol. The lowest BCUT2D eigenvalue weighted by atomic mass is 10.0. The van der Waals surface area contributed by atoms with Crippen LogP contribution in [0.5, 0.6) is 0 Å². The molecule has 0 rings (SSSR count). The maximum atomic E-state index is 12.9. The average molecular weight is 980 g/mol. The first-order valence-corrected chi connectivity index (χ1v) is 30.3. The van der Waals surface area contributed by atoms with Crippen molar-refractivity contribution in [2.45, 2.75) is 316 Å². The number of allylic oxidation sites excluding steroid dienone is 10. The van der Waals surface area contributed by atoms with Crippen molar-refractivity contribution in [1.29, 1.82) is 0 Å². The van der Waals surface area contributed by atoms with Crippen molar-refractivity contribution in [3.63, 3.8) is 0 Å². The fourth-order valence-electron chi connectivity index (χ4n) is 8.72. The maximum Gasteiger partial charge on any atom is 0.306 e.